The van der Waals surface area contributed by atoms with Crippen LogP contribution in [0.25, 0.3) is 0 Å². The Labute approximate surface area is 84.2 Å². The second-order valence-electron chi connectivity index (χ2n) is 2.54. The Bertz CT molecular complexity index is 522. The largest absolute Gasteiger partial charge is 0.266 e. The minimum atomic E-state index is -4.08. The van der Waals surface area contributed by atoms with Crippen molar-refractivity contribution < 1.29 is 17.2 Å². The highest BCUT2D eigenvalue weighted by Gasteiger charge is 2.18. The fraction of sp³-hybridized carbons (Fsp3) is 0.143. The molecule has 0 unspecified atom stereocenters. The topological polar surface area (TPSA) is 96.8 Å². The highest BCUT2D eigenvalue weighted by atomic mass is 32.2. The third-order valence-electron chi connectivity index (χ3n) is 1.53. The molecule has 0 fully saturated rings. The molecule has 1 aromatic heterocycles. The van der Waals surface area contributed by atoms with Crippen molar-refractivity contribution >= 4 is 10.0 Å². The molecular weight excluding hydrogens is 228 g/mol. The number of sulfonamides is 1. The Balaban J connectivity index is 3.40. The van der Waals surface area contributed by atoms with E-state index in [1.807, 2.05) is 0 Å². The molecule has 1 heterocycles. The first-order chi connectivity index (χ1) is 6.86. The Hall–Kier alpha value is -1.59. The van der Waals surface area contributed by atoms with Gasteiger partial charge in [0.25, 0.3) is 16.4 Å². The maximum atomic E-state index is 12.3. The first-order valence-corrected chi connectivity index (χ1v) is 5.13. The van der Waals surface area contributed by atoms with E-state index in [1.165, 1.54) is 6.07 Å². The number of nitrogens with zero attached hydrogens (tertiary/aromatic N) is 2. The second kappa shape index (κ2) is 3.88. The second-order valence-corrected chi connectivity index (χ2v) is 4.05. The van der Waals surface area contributed by atoms with E-state index in [9.17, 15) is 17.2 Å². The van der Waals surface area contributed by atoms with Crippen LogP contribution in [0.3, 0.4) is 0 Å². The molecule has 1 rings (SSSR count). The van der Waals surface area contributed by atoms with E-state index in [0.717, 1.165) is 12.1 Å². The number of hydrogen-bond acceptors (Lipinski definition) is 4. The van der Waals surface area contributed by atoms with Crippen LogP contribution in [-0.4, -0.2) is 13.4 Å². The van der Waals surface area contributed by atoms with Crippen LogP contribution in [0.5, 0.6) is 0 Å². The van der Waals surface area contributed by atoms with Crippen molar-refractivity contribution in [3.63, 3.8) is 0 Å². The van der Waals surface area contributed by atoms with Gasteiger partial charge in [0.2, 0.25) is 0 Å². The van der Waals surface area contributed by atoms with E-state index in [4.69, 9.17) is 10.4 Å². The van der Waals surface area contributed by atoms with E-state index in [2.05, 4.69) is 4.98 Å². The Morgan fingerprint density at radius 1 is 1.47 bits per heavy atom. The van der Waals surface area contributed by atoms with Gasteiger partial charge in [-0.25, -0.2) is 27.3 Å². The van der Waals surface area contributed by atoms with Crippen LogP contribution in [0.4, 0.5) is 8.78 Å². The Morgan fingerprint density at radius 3 is 2.47 bits per heavy atom. The van der Waals surface area contributed by atoms with Gasteiger partial charge in [-0.1, -0.05) is 0 Å². The molecule has 2 N–H and O–H groups in total. The predicted octanol–water partition coefficient (Wildman–Crippen LogP) is 0.538. The third-order valence-corrected chi connectivity index (χ3v) is 2.34. The molecule has 1 aromatic rings. The van der Waals surface area contributed by atoms with E-state index in [1.54, 1.807) is 0 Å². The molecule has 8 heteroatoms. The number of rotatable bonds is 2. The molecule has 0 bridgehead atoms. The molecule has 0 aliphatic rings. The number of nitrogens with two attached hydrogens (primary N) is 1. The fourth-order valence-corrected chi connectivity index (χ4v) is 1.35. The summed E-state index contributed by atoms with van der Waals surface area (Å²) in [5.74, 6) is 0. The lowest BCUT2D eigenvalue weighted by molar-refractivity contribution is 0.150. The Kier molecular flexibility index (Phi) is 2.97. The van der Waals surface area contributed by atoms with Gasteiger partial charge in [-0.15, -0.1) is 0 Å². The van der Waals surface area contributed by atoms with Crippen LogP contribution in [-0.2, 0) is 10.0 Å². The lowest BCUT2D eigenvalue weighted by atomic mass is 10.2. The van der Waals surface area contributed by atoms with Crippen molar-refractivity contribution in [3.8, 4) is 6.07 Å². The highest BCUT2D eigenvalue weighted by Crippen LogP contribution is 2.22. The molecule has 0 aliphatic heterocycles. The minimum Gasteiger partial charge on any atom is -0.224 e. The molecule has 0 spiro atoms. The summed E-state index contributed by atoms with van der Waals surface area (Å²) >= 11 is 0. The molecule has 80 valence electrons. The van der Waals surface area contributed by atoms with Crippen molar-refractivity contribution in [2.24, 2.45) is 5.14 Å². The van der Waals surface area contributed by atoms with Gasteiger partial charge < -0.3 is 0 Å². The summed E-state index contributed by atoms with van der Waals surface area (Å²) in [4.78, 5) is 3.23. The van der Waals surface area contributed by atoms with Gasteiger partial charge in [-0.05, 0) is 12.1 Å². The lowest BCUT2D eigenvalue weighted by Gasteiger charge is -2.03. The molecule has 0 aliphatic carbocycles. The average molecular weight is 233 g/mol. The fourth-order valence-electron chi connectivity index (χ4n) is 0.876. The minimum absolute atomic E-state index is 0.608. The van der Waals surface area contributed by atoms with Crippen molar-refractivity contribution in [1.29, 1.82) is 5.26 Å². The average Bonchev–Trinajstić information content (AvgIpc) is 2.15. The quantitative estimate of drug-likeness (QED) is 0.805. The number of alkyl halides is 2. The summed E-state index contributed by atoms with van der Waals surface area (Å²) in [5, 5.41) is 12.6. The molecule has 0 atom stereocenters. The summed E-state index contributed by atoms with van der Waals surface area (Å²) in [5.41, 5.74) is -1.26. The summed E-state index contributed by atoms with van der Waals surface area (Å²) in [6.45, 7) is 0. The lowest BCUT2D eigenvalue weighted by Crippen LogP contribution is -2.15. The standard InChI is InChI=1S/C7H5F2N3O2S/c8-7(9)4-1-2-6(15(11,13)14)12-5(4)3-10/h1-2,7H,(H2,11,13,14). The molecule has 15 heavy (non-hydrogen) atoms. The van der Waals surface area contributed by atoms with Gasteiger partial charge in [-0.3, -0.25) is 0 Å². The van der Waals surface area contributed by atoms with E-state index >= 15 is 0 Å². The first-order valence-electron chi connectivity index (χ1n) is 3.58. The molecular formula is C7H5F2N3O2S. The smallest absolute Gasteiger partial charge is 0.224 e. The van der Waals surface area contributed by atoms with Gasteiger partial charge in [0, 0.05) is 0 Å². The van der Waals surface area contributed by atoms with Gasteiger partial charge in [0.15, 0.2) is 10.7 Å². The maximum Gasteiger partial charge on any atom is 0.266 e. The molecule has 0 amide bonds. The van der Waals surface area contributed by atoms with E-state index < -0.39 is 32.7 Å². The van der Waals surface area contributed by atoms with Crippen molar-refractivity contribution in [2.75, 3.05) is 0 Å². The normalized spacial score (nSPS) is 11.4. The molecule has 0 saturated heterocycles. The van der Waals surface area contributed by atoms with E-state index in [0.29, 0.717) is 0 Å². The van der Waals surface area contributed by atoms with Crippen molar-refractivity contribution in [2.45, 2.75) is 11.5 Å². The molecule has 0 aromatic carbocycles. The summed E-state index contributed by atoms with van der Waals surface area (Å²) in [7, 11) is -4.08. The van der Waals surface area contributed by atoms with Crippen LogP contribution in [0.15, 0.2) is 17.2 Å². The zero-order valence-electron chi connectivity index (χ0n) is 7.18. The molecule has 0 saturated carbocycles. The Morgan fingerprint density at radius 2 is 2.07 bits per heavy atom. The number of hydrogen-bond donors (Lipinski definition) is 1. The van der Waals surface area contributed by atoms with Crippen LogP contribution in [0, 0.1) is 11.3 Å². The van der Waals surface area contributed by atoms with Crippen LogP contribution in [0.1, 0.15) is 17.7 Å². The van der Waals surface area contributed by atoms with Crippen molar-refractivity contribution in [3.05, 3.63) is 23.4 Å². The van der Waals surface area contributed by atoms with E-state index in [-0.39, 0.29) is 0 Å². The number of halogens is 2. The number of aromatic nitrogens is 1. The van der Waals surface area contributed by atoms with Crippen LogP contribution < -0.4 is 5.14 Å². The SMILES string of the molecule is N#Cc1nc(S(N)(=O)=O)ccc1C(F)F. The van der Waals surface area contributed by atoms with Crippen LogP contribution >= 0.6 is 0 Å². The van der Waals surface area contributed by atoms with Gasteiger partial charge in [-0.2, -0.15) is 5.26 Å². The van der Waals surface area contributed by atoms with Gasteiger partial charge >= 0.3 is 0 Å². The van der Waals surface area contributed by atoms with Crippen LogP contribution in [0.2, 0.25) is 0 Å². The zero-order valence-corrected chi connectivity index (χ0v) is 8.00. The van der Waals surface area contributed by atoms with Gasteiger partial charge in [0.05, 0.1) is 5.56 Å². The summed E-state index contributed by atoms with van der Waals surface area (Å²) in [6.07, 6.45) is -2.89. The van der Waals surface area contributed by atoms with Gasteiger partial charge in [0.1, 0.15) is 6.07 Å². The number of nitriles is 1. The number of pyridine rings is 1. The first kappa shape index (κ1) is 11.5. The highest BCUT2D eigenvalue weighted by molar-refractivity contribution is 7.89. The monoisotopic (exact) mass is 233 g/mol. The molecule has 0 radical (unpaired) electrons. The third kappa shape index (κ3) is 2.45. The zero-order chi connectivity index (χ0) is 11.6. The molecule has 5 nitrogen and oxygen atoms in total. The van der Waals surface area contributed by atoms with Crippen molar-refractivity contribution in [1.82, 2.24) is 4.98 Å². The maximum absolute atomic E-state index is 12.3. The summed E-state index contributed by atoms with van der Waals surface area (Å²) in [6, 6.07) is 3.02. The number of primary sulfonamides is 1. The predicted molar refractivity (Wildman–Crippen MR) is 45.3 cm³/mol. The summed E-state index contributed by atoms with van der Waals surface area (Å²) < 4.78 is 46.1.